The average Bonchev–Trinajstić information content (AvgIpc) is 2.62. The van der Waals surface area contributed by atoms with Crippen LogP contribution in [0, 0.1) is 0 Å². The van der Waals surface area contributed by atoms with Gasteiger partial charge < -0.3 is 15.1 Å². The minimum absolute atomic E-state index is 0.0181. The standard InChI is InChI=1S/C17H20F3N5/c1-2-24-7-9-25(10-8-24)16-11-15(21-12-22-16)23-14-6-4-3-5-13(14)17(18,19)20/h3-6,11-12H,2,7-10H2,1H3,(H,21,22,23). The lowest BCUT2D eigenvalue weighted by molar-refractivity contribution is -0.136. The zero-order valence-electron chi connectivity index (χ0n) is 13.9. The molecule has 0 radical (unpaired) electrons. The summed E-state index contributed by atoms with van der Waals surface area (Å²) in [4.78, 5) is 12.8. The van der Waals surface area contributed by atoms with Gasteiger partial charge in [0, 0.05) is 32.2 Å². The smallest absolute Gasteiger partial charge is 0.354 e. The Hall–Kier alpha value is -2.35. The highest BCUT2D eigenvalue weighted by Gasteiger charge is 2.33. The lowest BCUT2D eigenvalue weighted by Gasteiger charge is -2.34. The molecule has 1 aliphatic rings. The number of hydrogen-bond acceptors (Lipinski definition) is 5. The largest absolute Gasteiger partial charge is 0.418 e. The molecule has 1 saturated heterocycles. The maximum absolute atomic E-state index is 13.1. The summed E-state index contributed by atoms with van der Waals surface area (Å²) in [6.07, 6.45) is -3.05. The van der Waals surface area contributed by atoms with Gasteiger partial charge in [0.2, 0.25) is 0 Å². The molecule has 8 heteroatoms. The molecule has 1 N–H and O–H groups in total. The Morgan fingerprint density at radius 1 is 1.08 bits per heavy atom. The molecule has 1 fully saturated rings. The molecular weight excluding hydrogens is 331 g/mol. The van der Waals surface area contributed by atoms with Crippen LogP contribution in [-0.4, -0.2) is 47.6 Å². The van der Waals surface area contributed by atoms with Gasteiger partial charge in [-0.05, 0) is 18.7 Å². The number of benzene rings is 1. The van der Waals surface area contributed by atoms with E-state index in [0.29, 0.717) is 5.82 Å². The van der Waals surface area contributed by atoms with E-state index in [4.69, 9.17) is 0 Å². The molecule has 0 saturated carbocycles. The quantitative estimate of drug-likeness (QED) is 0.915. The van der Waals surface area contributed by atoms with E-state index in [1.54, 1.807) is 12.1 Å². The molecule has 1 aliphatic heterocycles. The lowest BCUT2D eigenvalue weighted by atomic mass is 10.1. The second-order valence-electron chi connectivity index (χ2n) is 5.85. The van der Waals surface area contributed by atoms with Crippen LogP contribution in [0.2, 0.25) is 0 Å². The number of halogens is 3. The zero-order valence-corrected chi connectivity index (χ0v) is 13.9. The van der Waals surface area contributed by atoms with E-state index in [-0.39, 0.29) is 5.69 Å². The average molecular weight is 351 g/mol. The van der Waals surface area contributed by atoms with Gasteiger partial charge >= 0.3 is 6.18 Å². The summed E-state index contributed by atoms with van der Waals surface area (Å²) in [5.74, 6) is 1.07. The van der Waals surface area contributed by atoms with Crippen molar-refractivity contribution in [1.29, 1.82) is 0 Å². The fraction of sp³-hybridized carbons (Fsp3) is 0.412. The summed E-state index contributed by atoms with van der Waals surface area (Å²) < 4.78 is 39.3. The number of alkyl halides is 3. The molecule has 0 aliphatic carbocycles. The molecule has 1 aromatic carbocycles. The third-order valence-corrected chi connectivity index (χ3v) is 4.29. The highest BCUT2D eigenvalue weighted by atomic mass is 19.4. The predicted molar refractivity (Wildman–Crippen MR) is 91.1 cm³/mol. The number of likely N-dealkylation sites (N-methyl/N-ethyl adjacent to an activating group) is 1. The Bertz CT molecular complexity index is 711. The van der Waals surface area contributed by atoms with Crippen molar-refractivity contribution in [3.05, 3.63) is 42.2 Å². The molecule has 134 valence electrons. The Balaban J connectivity index is 1.77. The topological polar surface area (TPSA) is 44.3 Å². The van der Waals surface area contributed by atoms with Gasteiger partial charge in [0.05, 0.1) is 11.3 Å². The molecule has 3 rings (SSSR count). The van der Waals surface area contributed by atoms with E-state index in [1.807, 2.05) is 0 Å². The van der Waals surface area contributed by atoms with Crippen LogP contribution in [0.5, 0.6) is 0 Å². The minimum atomic E-state index is -4.42. The van der Waals surface area contributed by atoms with Crippen molar-refractivity contribution in [1.82, 2.24) is 14.9 Å². The molecule has 0 amide bonds. The first kappa shape index (κ1) is 17.5. The van der Waals surface area contributed by atoms with E-state index < -0.39 is 11.7 Å². The third-order valence-electron chi connectivity index (χ3n) is 4.29. The molecule has 5 nitrogen and oxygen atoms in total. The molecule has 2 aromatic rings. The second-order valence-corrected chi connectivity index (χ2v) is 5.85. The molecule has 25 heavy (non-hydrogen) atoms. The first-order valence-electron chi connectivity index (χ1n) is 8.20. The molecule has 1 aromatic heterocycles. The van der Waals surface area contributed by atoms with E-state index in [9.17, 15) is 13.2 Å². The fourth-order valence-electron chi connectivity index (χ4n) is 2.86. The van der Waals surface area contributed by atoms with Crippen LogP contribution in [0.25, 0.3) is 0 Å². The van der Waals surface area contributed by atoms with Crippen LogP contribution in [-0.2, 0) is 6.18 Å². The molecule has 2 heterocycles. The Morgan fingerprint density at radius 2 is 1.80 bits per heavy atom. The summed E-state index contributed by atoms with van der Waals surface area (Å²) in [5, 5.41) is 2.77. The number of hydrogen-bond donors (Lipinski definition) is 1. The number of para-hydroxylation sites is 1. The van der Waals surface area contributed by atoms with Gasteiger partial charge in [0.1, 0.15) is 18.0 Å². The monoisotopic (exact) mass is 351 g/mol. The Morgan fingerprint density at radius 3 is 2.48 bits per heavy atom. The number of piperazine rings is 1. The van der Waals surface area contributed by atoms with Crippen molar-refractivity contribution in [2.45, 2.75) is 13.1 Å². The van der Waals surface area contributed by atoms with E-state index in [1.165, 1.54) is 18.5 Å². The van der Waals surface area contributed by atoms with Crippen LogP contribution in [0.1, 0.15) is 12.5 Å². The van der Waals surface area contributed by atoms with Crippen molar-refractivity contribution in [3.63, 3.8) is 0 Å². The van der Waals surface area contributed by atoms with Crippen LogP contribution in [0.4, 0.5) is 30.5 Å². The van der Waals surface area contributed by atoms with Crippen LogP contribution < -0.4 is 10.2 Å². The van der Waals surface area contributed by atoms with Gasteiger partial charge in [-0.25, -0.2) is 9.97 Å². The van der Waals surface area contributed by atoms with Crippen molar-refractivity contribution >= 4 is 17.3 Å². The molecule has 0 bridgehead atoms. The summed E-state index contributed by atoms with van der Waals surface area (Å²) in [6.45, 7) is 6.70. The molecule has 0 unspecified atom stereocenters. The van der Waals surface area contributed by atoms with Gasteiger partial charge in [-0.15, -0.1) is 0 Å². The van der Waals surface area contributed by atoms with E-state index in [2.05, 4.69) is 32.0 Å². The third kappa shape index (κ3) is 4.19. The number of rotatable bonds is 4. The van der Waals surface area contributed by atoms with Crippen molar-refractivity contribution in [2.75, 3.05) is 42.9 Å². The number of anilines is 3. The molecule has 0 spiro atoms. The highest BCUT2D eigenvalue weighted by Crippen LogP contribution is 2.35. The summed E-state index contributed by atoms with van der Waals surface area (Å²) in [6, 6.07) is 7.06. The van der Waals surface area contributed by atoms with Crippen LogP contribution in [0.15, 0.2) is 36.7 Å². The van der Waals surface area contributed by atoms with Crippen LogP contribution in [0.3, 0.4) is 0 Å². The first-order chi connectivity index (χ1) is 12.0. The SMILES string of the molecule is CCN1CCN(c2cc(Nc3ccccc3C(F)(F)F)ncn2)CC1. The highest BCUT2D eigenvalue weighted by molar-refractivity contribution is 5.63. The minimum Gasteiger partial charge on any atom is -0.354 e. The van der Waals surface area contributed by atoms with Crippen molar-refractivity contribution in [2.24, 2.45) is 0 Å². The second kappa shape index (κ2) is 7.26. The summed E-state index contributed by atoms with van der Waals surface area (Å²) in [7, 11) is 0. The zero-order chi connectivity index (χ0) is 17.9. The van der Waals surface area contributed by atoms with Gasteiger partial charge in [-0.2, -0.15) is 13.2 Å². The molecule has 0 atom stereocenters. The maximum atomic E-state index is 13.1. The summed E-state index contributed by atoms with van der Waals surface area (Å²) >= 11 is 0. The van der Waals surface area contributed by atoms with Crippen molar-refractivity contribution < 1.29 is 13.2 Å². The van der Waals surface area contributed by atoms with Crippen LogP contribution >= 0.6 is 0 Å². The van der Waals surface area contributed by atoms with E-state index in [0.717, 1.165) is 44.6 Å². The number of aromatic nitrogens is 2. The lowest BCUT2D eigenvalue weighted by Crippen LogP contribution is -2.46. The predicted octanol–water partition coefficient (Wildman–Crippen LogP) is 3.38. The normalized spacial score (nSPS) is 16.1. The van der Waals surface area contributed by atoms with Gasteiger partial charge in [-0.1, -0.05) is 19.1 Å². The number of nitrogens with one attached hydrogen (secondary N) is 1. The molecular formula is C17H20F3N5. The maximum Gasteiger partial charge on any atom is 0.418 e. The Labute approximate surface area is 144 Å². The first-order valence-corrected chi connectivity index (χ1v) is 8.20. The van der Waals surface area contributed by atoms with Gasteiger partial charge in [0.15, 0.2) is 0 Å². The number of nitrogens with zero attached hydrogens (tertiary/aromatic N) is 4. The van der Waals surface area contributed by atoms with Gasteiger partial charge in [0.25, 0.3) is 0 Å². The fourth-order valence-corrected chi connectivity index (χ4v) is 2.86. The van der Waals surface area contributed by atoms with Crippen molar-refractivity contribution in [3.8, 4) is 0 Å². The summed E-state index contributed by atoms with van der Waals surface area (Å²) in [5.41, 5.74) is -0.734. The van der Waals surface area contributed by atoms with Gasteiger partial charge in [-0.3, -0.25) is 0 Å². The Kier molecular flexibility index (Phi) is 5.08. The van der Waals surface area contributed by atoms with E-state index >= 15 is 0 Å².